The molecule has 4 rings (SSSR count). The number of oxime groups is 1. The second-order valence-electron chi connectivity index (χ2n) is 9.28. The predicted octanol–water partition coefficient (Wildman–Crippen LogP) is 4.46. The fourth-order valence-electron chi connectivity index (χ4n) is 6.84. The van der Waals surface area contributed by atoms with Gasteiger partial charge in [-0.2, -0.15) is 0 Å². The zero-order chi connectivity index (χ0) is 19.4. The SMILES string of the molecule is COC1=CC2=CCC3C([C@@H](OC(C)=O)C[C@]4(C)/C(=N/O)CCC34)[C@@]2(C)CC1. The topological polar surface area (TPSA) is 68.1 Å². The molecule has 0 heterocycles. The van der Waals surface area contributed by atoms with Crippen molar-refractivity contribution in [1.82, 2.24) is 0 Å². The number of carbonyl (C=O) groups excluding carboxylic acids is 1. The number of carbonyl (C=O) groups is 1. The van der Waals surface area contributed by atoms with Crippen molar-refractivity contribution in [2.75, 3.05) is 7.11 Å². The third-order valence-electron chi connectivity index (χ3n) is 8.09. The molecule has 5 heteroatoms. The molecule has 2 saturated carbocycles. The maximum absolute atomic E-state index is 11.9. The summed E-state index contributed by atoms with van der Waals surface area (Å²) in [6, 6.07) is 0. The number of nitrogens with zero attached hydrogens (tertiary/aromatic N) is 1. The first-order chi connectivity index (χ1) is 12.8. The van der Waals surface area contributed by atoms with E-state index in [9.17, 15) is 10.0 Å². The average Bonchev–Trinajstić information content (AvgIpc) is 2.96. The zero-order valence-corrected chi connectivity index (χ0v) is 16.8. The van der Waals surface area contributed by atoms with E-state index in [0.29, 0.717) is 17.8 Å². The summed E-state index contributed by atoms with van der Waals surface area (Å²) in [5.41, 5.74) is 2.03. The van der Waals surface area contributed by atoms with Gasteiger partial charge in [-0.1, -0.05) is 25.1 Å². The molecule has 4 aliphatic rings. The van der Waals surface area contributed by atoms with Crippen LogP contribution in [-0.2, 0) is 14.3 Å². The molecule has 0 aromatic carbocycles. The van der Waals surface area contributed by atoms with Crippen LogP contribution >= 0.6 is 0 Å². The van der Waals surface area contributed by atoms with Crippen LogP contribution in [-0.4, -0.2) is 30.1 Å². The van der Waals surface area contributed by atoms with Gasteiger partial charge < -0.3 is 14.7 Å². The lowest BCUT2D eigenvalue weighted by Gasteiger charge is -2.58. The Morgan fingerprint density at radius 3 is 2.74 bits per heavy atom. The van der Waals surface area contributed by atoms with Gasteiger partial charge in [-0.15, -0.1) is 0 Å². The number of fused-ring (bicyclic) bond motifs is 5. The van der Waals surface area contributed by atoms with Crippen LogP contribution in [0.4, 0.5) is 0 Å². The van der Waals surface area contributed by atoms with Crippen LogP contribution in [0.2, 0.25) is 0 Å². The molecular formula is C22H31NO4. The van der Waals surface area contributed by atoms with Crippen molar-refractivity contribution in [1.29, 1.82) is 0 Å². The van der Waals surface area contributed by atoms with Crippen molar-refractivity contribution in [3.63, 3.8) is 0 Å². The van der Waals surface area contributed by atoms with E-state index < -0.39 is 0 Å². The van der Waals surface area contributed by atoms with Crippen LogP contribution in [0, 0.1) is 28.6 Å². The maximum atomic E-state index is 11.9. The standard InChI is InChI=1S/C22H31NO4/c1-13(24)27-18-12-22(3)17(7-8-19(22)23-25)16-6-5-14-11-15(26-4)9-10-21(14,2)20(16)18/h5,11,16-18,20,25H,6-10,12H2,1-4H3/b23-19+/t16?,17?,18-,20?,21-,22-/m0/s1. The number of hydrogen-bond acceptors (Lipinski definition) is 5. The lowest BCUT2D eigenvalue weighted by Crippen LogP contribution is -2.56. The molecular weight excluding hydrogens is 342 g/mol. The summed E-state index contributed by atoms with van der Waals surface area (Å²) in [6.45, 7) is 6.05. The Bertz CT molecular complexity index is 739. The summed E-state index contributed by atoms with van der Waals surface area (Å²) in [5, 5.41) is 13.2. The van der Waals surface area contributed by atoms with E-state index >= 15 is 0 Å². The minimum atomic E-state index is -0.218. The Hall–Kier alpha value is -1.78. The summed E-state index contributed by atoms with van der Waals surface area (Å²) < 4.78 is 11.5. The van der Waals surface area contributed by atoms with E-state index in [1.54, 1.807) is 7.11 Å². The lowest BCUT2D eigenvalue weighted by atomic mass is 9.47. The van der Waals surface area contributed by atoms with Crippen LogP contribution in [0.15, 0.2) is 28.6 Å². The van der Waals surface area contributed by atoms with Crippen LogP contribution in [0.5, 0.6) is 0 Å². The molecule has 0 amide bonds. The van der Waals surface area contributed by atoms with Crippen LogP contribution in [0.1, 0.15) is 59.3 Å². The van der Waals surface area contributed by atoms with E-state index in [1.807, 2.05) is 0 Å². The molecule has 0 bridgehead atoms. The molecule has 0 spiro atoms. The van der Waals surface area contributed by atoms with Crippen molar-refractivity contribution < 1.29 is 19.5 Å². The molecule has 0 aliphatic heterocycles. The quantitative estimate of drug-likeness (QED) is 0.441. The Labute approximate surface area is 161 Å². The Balaban J connectivity index is 1.79. The van der Waals surface area contributed by atoms with Gasteiger partial charge in [-0.05, 0) is 61.0 Å². The normalized spacial score (nSPS) is 44.5. The average molecular weight is 373 g/mol. The lowest BCUT2D eigenvalue weighted by molar-refractivity contribution is -0.166. The molecule has 1 N–H and O–H groups in total. The highest BCUT2D eigenvalue weighted by Crippen LogP contribution is 2.64. The van der Waals surface area contributed by atoms with Crippen molar-refractivity contribution in [3.05, 3.63) is 23.5 Å². The first-order valence-corrected chi connectivity index (χ1v) is 10.2. The Morgan fingerprint density at radius 1 is 1.30 bits per heavy atom. The molecule has 6 atom stereocenters. The second kappa shape index (κ2) is 6.39. The van der Waals surface area contributed by atoms with Gasteiger partial charge in [-0.25, -0.2) is 0 Å². The highest BCUT2D eigenvalue weighted by Gasteiger charge is 2.62. The van der Waals surface area contributed by atoms with E-state index in [4.69, 9.17) is 9.47 Å². The summed E-state index contributed by atoms with van der Waals surface area (Å²) in [4.78, 5) is 11.9. The van der Waals surface area contributed by atoms with E-state index in [1.165, 1.54) is 12.5 Å². The van der Waals surface area contributed by atoms with Gasteiger partial charge in [0.15, 0.2) is 0 Å². The number of ether oxygens (including phenoxy) is 2. The minimum Gasteiger partial charge on any atom is -0.501 e. The van der Waals surface area contributed by atoms with Crippen LogP contribution in [0.25, 0.3) is 0 Å². The van der Waals surface area contributed by atoms with Crippen LogP contribution < -0.4 is 0 Å². The highest BCUT2D eigenvalue weighted by atomic mass is 16.5. The Morgan fingerprint density at radius 2 is 2.07 bits per heavy atom. The van der Waals surface area contributed by atoms with Crippen molar-refractivity contribution >= 4 is 11.7 Å². The van der Waals surface area contributed by atoms with Gasteiger partial charge in [0.25, 0.3) is 0 Å². The monoisotopic (exact) mass is 373 g/mol. The molecule has 0 aromatic rings. The van der Waals surface area contributed by atoms with Crippen molar-refractivity contribution in [2.45, 2.75) is 65.4 Å². The van der Waals surface area contributed by atoms with Gasteiger partial charge in [0, 0.05) is 24.7 Å². The fourth-order valence-corrected chi connectivity index (χ4v) is 6.84. The predicted molar refractivity (Wildman–Crippen MR) is 102 cm³/mol. The van der Waals surface area contributed by atoms with Crippen molar-refractivity contribution in [3.8, 4) is 0 Å². The second-order valence-corrected chi connectivity index (χ2v) is 9.28. The molecule has 2 fully saturated rings. The molecule has 0 radical (unpaired) electrons. The fraction of sp³-hybridized carbons (Fsp3) is 0.727. The molecule has 0 saturated heterocycles. The zero-order valence-electron chi connectivity index (χ0n) is 16.8. The number of rotatable bonds is 2. The third kappa shape index (κ3) is 2.65. The van der Waals surface area contributed by atoms with Crippen molar-refractivity contribution in [2.24, 2.45) is 33.7 Å². The Kier molecular flexibility index (Phi) is 4.39. The minimum absolute atomic E-state index is 0.00843. The van der Waals surface area contributed by atoms with Crippen LogP contribution in [0.3, 0.4) is 0 Å². The van der Waals surface area contributed by atoms with Gasteiger partial charge in [0.2, 0.25) is 0 Å². The first-order valence-electron chi connectivity index (χ1n) is 10.2. The maximum Gasteiger partial charge on any atom is 0.302 e. The molecule has 3 unspecified atom stereocenters. The summed E-state index contributed by atoms with van der Waals surface area (Å²) in [7, 11) is 1.74. The molecule has 5 nitrogen and oxygen atoms in total. The molecule has 0 aromatic heterocycles. The van der Waals surface area contributed by atoms with E-state index in [2.05, 4.69) is 31.2 Å². The van der Waals surface area contributed by atoms with Gasteiger partial charge in [0.1, 0.15) is 6.10 Å². The first kappa shape index (κ1) is 18.6. The molecule has 27 heavy (non-hydrogen) atoms. The molecule has 148 valence electrons. The molecule has 4 aliphatic carbocycles. The van der Waals surface area contributed by atoms with Gasteiger partial charge >= 0.3 is 5.97 Å². The smallest absolute Gasteiger partial charge is 0.302 e. The largest absolute Gasteiger partial charge is 0.501 e. The number of allylic oxidation sites excluding steroid dienone is 4. The summed E-state index contributed by atoms with van der Waals surface area (Å²) in [5.74, 6) is 2.04. The number of hydrogen-bond donors (Lipinski definition) is 1. The number of methoxy groups -OCH3 is 1. The van der Waals surface area contributed by atoms with E-state index in [-0.39, 0.29) is 22.9 Å². The number of esters is 1. The summed E-state index contributed by atoms with van der Waals surface area (Å²) >= 11 is 0. The van der Waals surface area contributed by atoms with E-state index in [0.717, 1.165) is 50.0 Å². The summed E-state index contributed by atoms with van der Waals surface area (Å²) in [6.07, 6.45) is 10.0. The third-order valence-corrected chi connectivity index (χ3v) is 8.09. The van der Waals surface area contributed by atoms with Gasteiger partial charge in [0.05, 0.1) is 18.6 Å². The van der Waals surface area contributed by atoms with Gasteiger partial charge in [-0.3, -0.25) is 4.79 Å². The highest BCUT2D eigenvalue weighted by molar-refractivity contribution is 5.92.